The first-order valence-corrected chi connectivity index (χ1v) is 8.20. The van der Waals surface area contributed by atoms with Gasteiger partial charge in [0, 0.05) is 6.54 Å². The molecular formula is C17H21F3IN5O2. The van der Waals surface area contributed by atoms with E-state index in [0.717, 1.165) is 17.8 Å². The van der Waals surface area contributed by atoms with Gasteiger partial charge in [-0.2, -0.15) is 0 Å². The van der Waals surface area contributed by atoms with Crippen LogP contribution in [-0.4, -0.2) is 29.9 Å². The van der Waals surface area contributed by atoms with E-state index in [1.807, 2.05) is 13.8 Å². The van der Waals surface area contributed by atoms with Crippen molar-refractivity contribution in [3.63, 3.8) is 0 Å². The summed E-state index contributed by atoms with van der Waals surface area (Å²) in [6, 6.07) is 1.66. The van der Waals surface area contributed by atoms with Crippen molar-refractivity contribution in [3.05, 3.63) is 46.9 Å². The van der Waals surface area contributed by atoms with Crippen molar-refractivity contribution in [2.45, 2.75) is 27.3 Å². The number of nitrogens with zero attached hydrogens (tertiary/aromatic N) is 2. The zero-order valence-electron chi connectivity index (χ0n) is 15.5. The summed E-state index contributed by atoms with van der Waals surface area (Å²) in [5.74, 6) is -3.66. The van der Waals surface area contributed by atoms with Crippen molar-refractivity contribution in [1.82, 2.24) is 15.6 Å². The highest BCUT2D eigenvalue weighted by atomic mass is 127. The molecule has 7 nitrogen and oxygen atoms in total. The molecule has 1 aromatic carbocycles. The maximum atomic E-state index is 13.6. The highest BCUT2D eigenvalue weighted by Gasteiger charge is 2.15. The lowest BCUT2D eigenvalue weighted by molar-refractivity contribution is -0.114. The molecular weight excluding hydrogens is 490 g/mol. The fourth-order valence-electron chi connectivity index (χ4n) is 2.08. The number of carbonyl (C=O) groups is 1. The quantitative estimate of drug-likeness (QED) is 0.240. The molecule has 0 fully saturated rings. The SMILES string of the molecule is CCNC(=NCC(=O)Nc1ccc(F)c(F)c1F)NCc1nc(C)c(C)o1.I. The molecule has 2 rings (SSSR count). The Balaban J connectivity index is 0.00000392. The zero-order valence-corrected chi connectivity index (χ0v) is 17.9. The van der Waals surface area contributed by atoms with Crippen LogP contribution < -0.4 is 16.0 Å². The minimum atomic E-state index is -1.65. The fourth-order valence-corrected chi connectivity index (χ4v) is 2.08. The largest absolute Gasteiger partial charge is 0.444 e. The second kappa shape index (κ2) is 10.9. The monoisotopic (exact) mass is 511 g/mol. The minimum Gasteiger partial charge on any atom is -0.444 e. The molecule has 0 bridgehead atoms. The molecule has 0 atom stereocenters. The van der Waals surface area contributed by atoms with Crippen molar-refractivity contribution < 1.29 is 22.4 Å². The van der Waals surface area contributed by atoms with Crippen LogP contribution in [0.2, 0.25) is 0 Å². The lowest BCUT2D eigenvalue weighted by Gasteiger charge is -2.10. The van der Waals surface area contributed by atoms with E-state index in [4.69, 9.17) is 4.42 Å². The van der Waals surface area contributed by atoms with Crippen LogP contribution in [0.1, 0.15) is 24.3 Å². The smallest absolute Gasteiger partial charge is 0.246 e. The number of halogens is 4. The van der Waals surface area contributed by atoms with Crippen LogP contribution in [-0.2, 0) is 11.3 Å². The number of aliphatic imine (C=N–C) groups is 1. The molecule has 0 unspecified atom stereocenters. The molecule has 28 heavy (non-hydrogen) atoms. The van der Waals surface area contributed by atoms with Gasteiger partial charge in [-0.1, -0.05) is 0 Å². The minimum absolute atomic E-state index is 0. The molecule has 1 aromatic heterocycles. The summed E-state index contributed by atoms with van der Waals surface area (Å²) in [6.45, 7) is 5.88. The molecule has 0 aliphatic heterocycles. The Hall–Kier alpha value is -2.31. The molecule has 1 heterocycles. The van der Waals surface area contributed by atoms with Crippen LogP contribution in [0.4, 0.5) is 18.9 Å². The molecule has 0 spiro atoms. The van der Waals surface area contributed by atoms with Crippen LogP contribution in [0, 0.1) is 31.3 Å². The summed E-state index contributed by atoms with van der Waals surface area (Å²) in [6.07, 6.45) is 0. The van der Waals surface area contributed by atoms with Crippen LogP contribution in [0.3, 0.4) is 0 Å². The average molecular weight is 511 g/mol. The first-order chi connectivity index (χ1) is 12.8. The van der Waals surface area contributed by atoms with Crippen LogP contribution >= 0.6 is 24.0 Å². The molecule has 0 saturated heterocycles. The number of guanidine groups is 1. The summed E-state index contributed by atoms with van der Waals surface area (Å²) in [4.78, 5) is 20.2. The van der Waals surface area contributed by atoms with E-state index >= 15 is 0 Å². The standard InChI is InChI=1S/C17H20F3N5O2.HI/c1-4-21-17(23-8-14-24-9(2)10(3)27-14)22-7-13(26)25-12-6-5-11(18)15(19)16(12)20;/h5-6H,4,7-8H2,1-3H3,(H,25,26)(H2,21,22,23);1H. The first kappa shape index (κ1) is 23.7. The van der Waals surface area contributed by atoms with E-state index in [9.17, 15) is 18.0 Å². The van der Waals surface area contributed by atoms with Crippen molar-refractivity contribution in [2.75, 3.05) is 18.4 Å². The highest BCUT2D eigenvalue weighted by Crippen LogP contribution is 2.19. The molecule has 2 aromatic rings. The molecule has 0 radical (unpaired) electrons. The maximum Gasteiger partial charge on any atom is 0.246 e. The summed E-state index contributed by atoms with van der Waals surface area (Å²) in [5.41, 5.74) is 0.319. The molecule has 3 N–H and O–H groups in total. The van der Waals surface area contributed by atoms with Gasteiger partial charge in [0.15, 0.2) is 23.4 Å². The van der Waals surface area contributed by atoms with E-state index in [0.29, 0.717) is 24.2 Å². The second-order valence-corrected chi connectivity index (χ2v) is 5.57. The number of benzene rings is 1. The Morgan fingerprint density at radius 1 is 1.18 bits per heavy atom. The molecule has 0 aliphatic carbocycles. The van der Waals surface area contributed by atoms with Gasteiger partial charge in [0.2, 0.25) is 11.8 Å². The topological polar surface area (TPSA) is 91.5 Å². The predicted octanol–water partition coefficient (Wildman–Crippen LogP) is 3.02. The lowest BCUT2D eigenvalue weighted by atomic mass is 10.3. The number of hydrogen-bond acceptors (Lipinski definition) is 4. The van der Waals surface area contributed by atoms with Gasteiger partial charge >= 0.3 is 0 Å². The number of hydrogen-bond donors (Lipinski definition) is 3. The van der Waals surface area contributed by atoms with E-state index < -0.39 is 29.0 Å². The first-order valence-electron chi connectivity index (χ1n) is 8.20. The third-order valence-corrected chi connectivity index (χ3v) is 3.51. The number of anilines is 1. The Kier molecular flexibility index (Phi) is 9.22. The van der Waals surface area contributed by atoms with Gasteiger partial charge in [0.1, 0.15) is 12.3 Å². The van der Waals surface area contributed by atoms with Gasteiger partial charge in [-0.15, -0.1) is 24.0 Å². The van der Waals surface area contributed by atoms with Gasteiger partial charge < -0.3 is 20.4 Å². The number of rotatable bonds is 6. The second-order valence-electron chi connectivity index (χ2n) is 5.57. The van der Waals surface area contributed by atoms with E-state index in [2.05, 4.69) is 25.9 Å². The lowest BCUT2D eigenvalue weighted by Crippen LogP contribution is -2.37. The van der Waals surface area contributed by atoms with E-state index in [1.54, 1.807) is 6.92 Å². The van der Waals surface area contributed by atoms with Crippen molar-refractivity contribution >= 4 is 41.5 Å². The van der Waals surface area contributed by atoms with Gasteiger partial charge in [-0.3, -0.25) is 4.79 Å². The van der Waals surface area contributed by atoms with Gasteiger partial charge in [0.25, 0.3) is 0 Å². The fraction of sp³-hybridized carbons (Fsp3) is 0.353. The molecule has 0 saturated carbocycles. The summed E-state index contributed by atoms with van der Waals surface area (Å²) >= 11 is 0. The van der Waals surface area contributed by atoms with Crippen LogP contribution in [0.15, 0.2) is 21.5 Å². The van der Waals surface area contributed by atoms with Crippen molar-refractivity contribution in [2.24, 2.45) is 4.99 Å². The summed E-state index contributed by atoms with van der Waals surface area (Å²) < 4.78 is 45.1. The zero-order chi connectivity index (χ0) is 20.0. The maximum absolute atomic E-state index is 13.6. The molecule has 0 aliphatic rings. The number of aryl methyl sites for hydroxylation is 2. The van der Waals surface area contributed by atoms with Gasteiger partial charge in [-0.05, 0) is 32.9 Å². The number of nitrogens with one attached hydrogen (secondary N) is 3. The Bertz CT molecular complexity index is 838. The van der Waals surface area contributed by atoms with Crippen molar-refractivity contribution in [3.8, 4) is 0 Å². The molecule has 11 heteroatoms. The third kappa shape index (κ3) is 6.39. The molecule has 154 valence electrons. The Labute approximate surface area is 177 Å². The predicted molar refractivity (Wildman–Crippen MR) is 109 cm³/mol. The normalized spacial score (nSPS) is 11.0. The highest BCUT2D eigenvalue weighted by molar-refractivity contribution is 14.0. The number of oxazole rings is 1. The van der Waals surface area contributed by atoms with Crippen LogP contribution in [0.25, 0.3) is 0 Å². The van der Waals surface area contributed by atoms with E-state index in [-0.39, 0.29) is 37.1 Å². The third-order valence-electron chi connectivity index (χ3n) is 3.51. The van der Waals surface area contributed by atoms with E-state index in [1.165, 1.54) is 0 Å². The van der Waals surface area contributed by atoms with Crippen LogP contribution in [0.5, 0.6) is 0 Å². The Morgan fingerprint density at radius 3 is 2.50 bits per heavy atom. The molecule has 1 amide bonds. The number of carbonyl (C=O) groups excluding carboxylic acids is 1. The van der Waals surface area contributed by atoms with Gasteiger partial charge in [-0.25, -0.2) is 23.1 Å². The van der Waals surface area contributed by atoms with Gasteiger partial charge in [0.05, 0.1) is 17.9 Å². The number of aromatic nitrogens is 1. The summed E-state index contributed by atoms with van der Waals surface area (Å²) in [7, 11) is 0. The van der Waals surface area contributed by atoms with Crippen molar-refractivity contribution in [1.29, 1.82) is 0 Å². The average Bonchev–Trinajstić information content (AvgIpc) is 2.96. The number of amides is 1. The summed E-state index contributed by atoms with van der Waals surface area (Å²) in [5, 5.41) is 8.02. The Morgan fingerprint density at radius 2 is 1.89 bits per heavy atom.